The summed E-state index contributed by atoms with van der Waals surface area (Å²) in [4.78, 5) is 31.4. The minimum atomic E-state index is -4.91. The molecule has 0 spiro atoms. The van der Waals surface area contributed by atoms with E-state index in [9.17, 15) is 40.3 Å². The van der Waals surface area contributed by atoms with Crippen LogP contribution in [0.15, 0.2) is 82.4 Å². The number of aromatic nitrogens is 2. The number of ether oxygens (including phenoxy) is 1. The summed E-state index contributed by atoms with van der Waals surface area (Å²) < 4.78 is 101. The zero-order valence-electron chi connectivity index (χ0n) is 25.7. The molecule has 0 unspecified atom stereocenters. The van der Waals surface area contributed by atoms with Gasteiger partial charge in [-0.1, -0.05) is 48.5 Å². The van der Waals surface area contributed by atoms with Gasteiger partial charge in [0.25, 0.3) is 5.56 Å². The minimum Gasteiger partial charge on any atom is -0.406 e. The van der Waals surface area contributed by atoms with Crippen LogP contribution >= 0.6 is 0 Å². The number of benzene rings is 3. The van der Waals surface area contributed by atoms with Crippen LogP contribution in [0.25, 0.3) is 0 Å². The molecule has 15 heteroatoms. The van der Waals surface area contributed by atoms with E-state index in [1.54, 1.807) is 41.3 Å². The van der Waals surface area contributed by atoms with Gasteiger partial charge in [-0.15, -0.1) is 13.2 Å². The van der Waals surface area contributed by atoms with Crippen LogP contribution in [-0.2, 0) is 25.8 Å². The fraction of sp³-hybridized carbons (Fsp3) is 0.333. The maximum absolute atomic E-state index is 14.9. The van der Waals surface area contributed by atoms with Crippen LogP contribution in [0.5, 0.6) is 5.75 Å². The van der Waals surface area contributed by atoms with Gasteiger partial charge in [-0.3, -0.25) is 18.8 Å². The van der Waals surface area contributed by atoms with Gasteiger partial charge < -0.3 is 15.4 Å². The molecule has 48 heavy (non-hydrogen) atoms. The Morgan fingerprint density at radius 3 is 2.15 bits per heavy atom. The second kappa shape index (κ2) is 13.8. The number of hydrogen-bond acceptors (Lipinski definition) is 6. The smallest absolute Gasteiger partial charge is 0.406 e. The summed E-state index contributed by atoms with van der Waals surface area (Å²) in [5, 5.41) is 0. The highest BCUT2D eigenvalue weighted by Gasteiger charge is 2.35. The maximum Gasteiger partial charge on any atom is 0.573 e. The molecule has 2 N–H and O–H groups in total. The highest BCUT2D eigenvalue weighted by Crippen LogP contribution is 2.34. The number of alkyl halides is 6. The highest BCUT2D eigenvalue weighted by atomic mass is 19.4. The van der Waals surface area contributed by atoms with Crippen LogP contribution in [0, 0.1) is 12.7 Å². The summed E-state index contributed by atoms with van der Waals surface area (Å²) in [5.74, 6) is -1.51. The third-order valence-electron chi connectivity index (χ3n) is 8.23. The Balaban J connectivity index is 1.48. The van der Waals surface area contributed by atoms with Crippen molar-refractivity contribution in [3.63, 3.8) is 0 Å². The number of piperazine rings is 1. The van der Waals surface area contributed by atoms with Gasteiger partial charge in [-0.25, -0.2) is 9.18 Å². The van der Waals surface area contributed by atoms with Crippen molar-refractivity contribution in [1.29, 1.82) is 0 Å². The molecule has 1 aliphatic rings. The molecule has 1 saturated heterocycles. The number of nitrogens with zero attached hydrogens (tertiary/aromatic N) is 4. The van der Waals surface area contributed by atoms with Crippen molar-refractivity contribution in [2.75, 3.05) is 31.1 Å². The summed E-state index contributed by atoms with van der Waals surface area (Å²) in [6.45, 7) is 1.81. The Morgan fingerprint density at radius 1 is 0.833 bits per heavy atom. The van der Waals surface area contributed by atoms with Crippen molar-refractivity contribution in [2.24, 2.45) is 5.73 Å². The lowest BCUT2D eigenvalue weighted by atomic mass is 10.1. The highest BCUT2D eigenvalue weighted by molar-refractivity contribution is 5.50. The summed E-state index contributed by atoms with van der Waals surface area (Å²) in [5.41, 5.74) is 4.02. The zero-order valence-corrected chi connectivity index (χ0v) is 25.7. The Hall–Kier alpha value is -4.63. The second-order valence-electron chi connectivity index (χ2n) is 11.5. The normalized spacial score (nSPS) is 15.1. The first-order valence-corrected chi connectivity index (χ1v) is 14.9. The lowest BCUT2D eigenvalue weighted by Gasteiger charge is -2.37. The Kier molecular flexibility index (Phi) is 10.0. The molecule has 0 aliphatic carbocycles. The fourth-order valence-corrected chi connectivity index (χ4v) is 5.87. The average molecular weight is 680 g/mol. The predicted octanol–water partition coefficient (Wildman–Crippen LogP) is 5.45. The van der Waals surface area contributed by atoms with E-state index in [-0.39, 0.29) is 43.3 Å². The van der Waals surface area contributed by atoms with Gasteiger partial charge in [0, 0.05) is 50.0 Å². The number of halogens is 7. The monoisotopic (exact) mass is 679 g/mol. The van der Waals surface area contributed by atoms with Gasteiger partial charge in [-0.05, 0) is 42.3 Å². The zero-order chi connectivity index (χ0) is 34.8. The third kappa shape index (κ3) is 7.90. The molecular weight excluding hydrogens is 647 g/mol. The molecule has 0 saturated carbocycles. The van der Waals surface area contributed by atoms with E-state index in [2.05, 4.69) is 4.74 Å². The van der Waals surface area contributed by atoms with Crippen LogP contribution in [0.2, 0.25) is 0 Å². The van der Waals surface area contributed by atoms with Crippen LogP contribution in [0.4, 0.5) is 36.4 Å². The first kappa shape index (κ1) is 34.7. The number of anilines is 1. The molecule has 1 fully saturated rings. The van der Waals surface area contributed by atoms with Crippen molar-refractivity contribution in [3.8, 4) is 5.75 Å². The molecule has 0 radical (unpaired) electrons. The predicted molar refractivity (Wildman–Crippen MR) is 164 cm³/mol. The van der Waals surface area contributed by atoms with Crippen molar-refractivity contribution < 1.29 is 35.5 Å². The first-order valence-electron chi connectivity index (χ1n) is 14.9. The average Bonchev–Trinajstić information content (AvgIpc) is 3.02. The second-order valence-corrected chi connectivity index (χ2v) is 11.5. The van der Waals surface area contributed by atoms with Crippen LogP contribution in [-0.4, -0.2) is 46.6 Å². The standard InChI is InChI=1S/C33H32F7N5O3/c1-21-29(43-15-13-42(14-16-43)18-22-7-5-10-24(17-22)48-33(38,39)40)30(46)45(20-28(41)23-8-3-2-4-9-23)31(47)44(21)19-25-26(32(35,36)37)11-6-12-27(25)34/h2-12,17,28H,13-16,18-20,41H2,1H3/t28-/m1/s1. The van der Waals surface area contributed by atoms with E-state index < -0.39 is 53.3 Å². The lowest BCUT2D eigenvalue weighted by molar-refractivity contribution is -0.274. The minimum absolute atomic E-state index is 0.0522. The van der Waals surface area contributed by atoms with E-state index in [0.29, 0.717) is 24.2 Å². The number of nitrogens with two attached hydrogens (primary N) is 1. The largest absolute Gasteiger partial charge is 0.573 e. The summed E-state index contributed by atoms with van der Waals surface area (Å²) in [6, 6.07) is 15.9. The molecule has 5 rings (SSSR count). The van der Waals surface area contributed by atoms with Crippen LogP contribution < -0.4 is 26.6 Å². The van der Waals surface area contributed by atoms with Crippen LogP contribution in [0.1, 0.15) is 34.0 Å². The molecule has 8 nitrogen and oxygen atoms in total. The maximum atomic E-state index is 14.9. The molecule has 2 heterocycles. The number of rotatable bonds is 9. The van der Waals surface area contributed by atoms with Gasteiger partial charge in [0.2, 0.25) is 0 Å². The summed E-state index contributed by atoms with van der Waals surface area (Å²) in [7, 11) is 0. The van der Waals surface area contributed by atoms with Gasteiger partial charge in [0.1, 0.15) is 17.3 Å². The molecule has 0 bridgehead atoms. The van der Waals surface area contributed by atoms with E-state index in [1.165, 1.54) is 25.1 Å². The lowest BCUT2D eigenvalue weighted by Crippen LogP contribution is -2.51. The van der Waals surface area contributed by atoms with Gasteiger partial charge in [0.05, 0.1) is 18.7 Å². The van der Waals surface area contributed by atoms with Gasteiger partial charge in [-0.2, -0.15) is 13.2 Å². The molecule has 1 atom stereocenters. The molecule has 0 amide bonds. The van der Waals surface area contributed by atoms with Crippen molar-refractivity contribution in [3.05, 3.63) is 127 Å². The van der Waals surface area contributed by atoms with Crippen molar-refractivity contribution in [1.82, 2.24) is 14.0 Å². The van der Waals surface area contributed by atoms with Crippen molar-refractivity contribution in [2.45, 2.75) is 45.1 Å². The number of hydrogen-bond donors (Lipinski definition) is 1. The fourth-order valence-electron chi connectivity index (χ4n) is 5.87. The molecule has 256 valence electrons. The topological polar surface area (TPSA) is 85.7 Å². The quantitative estimate of drug-likeness (QED) is 0.237. The molecule has 1 aliphatic heterocycles. The van der Waals surface area contributed by atoms with E-state index in [1.807, 2.05) is 4.90 Å². The van der Waals surface area contributed by atoms with Crippen molar-refractivity contribution >= 4 is 5.69 Å². The molecular formula is C33H32F7N5O3. The van der Waals surface area contributed by atoms with Gasteiger partial charge in [0.15, 0.2) is 0 Å². The molecule has 4 aromatic rings. The van der Waals surface area contributed by atoms with E-state index >= 15 is 0 Å². The van der Waals surface area contributed by atoms with Gasteiger partial charge >= 0.3 is 18.2 Å². The molecule has 3 aromatic carbocycles. The Labute approximate surface area is 270 Å². The third-order valence-corrected chi connectivity index (χ3v) is 8.23. The van der Waals surface area contributed by atoms with Crippen LogP contribution in [0.3, 0.4) is 0 Å². The summed E-state index contributed by atoms with van der Waals surface area (Å²) >= 11 is 0. The Morgan fingerprint density at radius 2 is 1.50 bits per heavy atom. The summed E-state index contributed by atoms with van der Waals surface area (Å²) in [6.07, 6.45) is -9.74. The molecule has 1 aromatic heterocycles. The van der Waals surface area contributed by atoms with E-state index in [4.69, 9.17) is 5.73 Å². The SMILES string of the molecule is Cc1c(N2CCN(Cc3cccc(OC(F)(F)F)c3)CC2)c(=O)n(C[C@@H](N)c2ccccc2)c(=O)n1Cc1c(F)cccc1C(F)(F)F. The first-order chi connectivity index (χ1) is 22.6. The van der Waals surface area contributed by atoms with E-state index in [0.717, 1.165) is 27.3 Å². The Bertz CT molecular complexity index is 1870.